The van der Waals surface area contributed by atoms with Gasteiger partial charge in [0.05, 0.1) is 22.4 Å². The number of hydrogen-bond donors (Lipinski definition) is 1. The van der Waals surface area contributed by atoms with Gasteiger partial charge in [0.1, 0.15) is 36.6 Å². The van der Waals surface area contributed by atoms with Crippen LogP contribution in [0.3, 0.4) is 0 Å². The Bertz CT molecular complexity index is 1630. The second-order valence-corrected chi connectivity index (χ2v) is 9.62. The van der Waals surface area contributed by atoms with E-state index in [9.17, 15) is 14.7 Å². The third-order valence-electron chi connectivity index (χ3n) is 6.33. The van der Waals surface area contributed by atoms with Gasteiger partial charge in [-0.05, 0) is 49.4 Å². The summed E-state index contributed by atoms with van der Waals surface area (Å²) in [5.41, 5.74) is 0.639. The predicted octanol–water partition coefficient (Wildman–Crippen LogP) is 5.23. The molecule has 2 aliphatic rings. The molecule has 1 fully saturated rings. The Morgan fingerprint density at radius 3 is 2.68 bits per heavy atom. The molecule has 0 bridgehead atoms. The number of Topliss-reactive ketones (excluding diaryl/α,β-unsaturated/α-hetero) is 1. The van der Waals surface area contributed by atoms with Crippen molar-refractivity contribution in [3.05, 3.63) is 83.2 Å². The van der Waals surface area contributed by atoms with Gasteiger partial charge in [0.15, 0.2) is 16.6 Å². The monoisotopic (exact) mass is 532 g/mol. The SMILES string of the molecule is CCOc1ccc2nc(N3C(=O)C(=O)/C(=C(/O)c4ccc5c(c4)OCCO5)C3c3ccccc3F)sc2c1. The van der Waals surface area contributed by atoms with E-state index in [-0.39, 0.29) is 21.8 Å². The van der Waals surface area contributed by atoms with E-state index in [1.165, 1.54) is 35.6 Å². The van der Waals surface area contributed by atoms with E-state index in [1.54, 1.807) is 36.4 Å². The van der Waals surface area contributed by atoms with Gasteiger partial charge in [0.25, 0.3) is 5.78 Å². The number of fused-ring (bicyclic) bond motifs is 2. The Balaban J connectivity index is 1.52. The summed E-state index contributed by atoms with van der Waals surface area (Å²) in [5.74, 6) is -1.40. The average Bonchev–Trinajstić information content (AvgIpc) is 3.46. The lowest BCUT2D eigenvalue weighted by Gasteiger charge is -2.23. The molecule has 0 radical (unpaired) electrons. The number of halogens is 1. The number of aromatic nitrogens is 1. The zero-order valence-corrected chi connectivity index (χ0v) is 21.0. The van der Waals surface area contributed by atoms with Crippen LogP contribution >= 0.6 is 11.3 Å². The maximum atomic E-state index is 15.2. The molecular formula is C28H21FN2O6S. The summed E-state index contributed by atoms with van der Waals surface area (Å²) < 4.78 is 32.6. The van der Waals surface area contributed by atoms with E-state index in [4.69, 9.17) is 14.2 Å². The summed E-state index contributed by atoms with van der Waals surface area (Å²) in [5, 5.41) is 11.6. The van der Waals surface area contributed by atoms with Crippen LogP contribution in [0.2, 0.25) is 0 Å². The van der Waals surface area contributed by atoms with Crippen molar-refractivity contribution < 1.29 is 33.3 Å². The largest absolute Gasteiger partial charge is 0.507 e. The quantitative estimate of drug-likeness (QED) is 0.213. The molecule has 6 rings (SSSR count). The number of rotatable bonds is 5. The highest BCUT2D eigenvalue weighted by molar-refractivity contribution is 7.22. The highest BCUT2D eigenvalue weighted by Crippen LogP contribution is 2.45. The zero-order valence-electron chi connectivity index (χ0n) is 20.1. The molecule has 0 spiro atoms. The molecule has 3 aromatic carbocycles. The first kappa shape index (κ1) is 23.9. The first-order chi connectivity index (χ1) is 18.5. The minimum Gasteiger partial charge on any atom is -0.507 e. The van der Waals surface area contributed by atoms with Crippen LogP contribution in [0.25, 0.3) is 16.0 Å². The summed E-state index contributed by atoms with van der Waals surface area (Å²) in [7, 11) is 0. The van der Waals surface area contributed by atoms with Crippen molar-refractivity contribution in [3.8, 4) is 17.2 Å². The molecule has 1 saturated heterocycles. The minimum absolute atomic E-state index is 0.0556. The van der Waals surface area contributed by atoms with Gasteiger partial charge in [-0.15, -0.1) is 0 Å². The number of aliphatic hydroxyl groups excluding tert-OH is 1. The van der Waals surface area contributed by atoms with E-state index in [2.05, 4.69) is 4.98 Å². The van der Waals surface area contributed by atoms with Crippen LogP contribution < -0.4 is 19.1 Å². The lowest BCUT2D eigenvalue weighted by Crippen LogP contribution is -2.29. The smallest absolute Gasteiger partial charge is 0.301 e. The number of carbonyl (C=O) groups is 2. The molecule has 1 aromatic heterocycles. The van der Waals surface area contributed by atoms with Gasteiger partial charge >= 0.3 is 5.91 Å². The first-order valence-electron chi connectivity index (χ1n) is 11.9. The molecule has 4 aromatic rings. The summed E-state index contributed by atoms with van der Waals surface area (Å²) in [6.07, 6.45) is 0. The number of aliphatic hydroxyl groups is 1. The number of amides is 1. The number of thiazole rings is 1. The third-order valence-corrected chi connectivity index (χ3v) is 7.34. The number of benzene rings is 3. The maximum Gasteiger partial charge on any atom is 0.301 e. The Hall–Kier alpha value is -4.44. The molecular weight excluding hydrogens is 511 g/mol. The van der Waals surface area contributed by atoms with E-state index < -0.39 is 29.3 Å². The van der Waals surface area contributed by atoms with Crippen LogP contribution in [0, 0.1) is 5.82 Å². The number of carbonyl (C=O) groups excluding carboxylic acids is 2. The van der Waals surface area contributed by atoms with E-state index in [1.807, 2.05) is 6.92 Å². The van der Waals surface area contributed by atoms with Crippen LogP contribution in [0.5, 0.6) is 17.2 Å². The normalized spacial score (nSPS) is 18.3. The summed E-state index contributed by atoms with van der Waals surface area (Å²) >= 11 is 1.17. The lowest BCUT2D eigenvalue weighted by molar-refractivity contribution is -0.132. The van der Waals surface area contributed by atoms with Crippen LogP contribution in [-0.4, -0.2) is 41.6 Å². The molecule has 1 atom stereocenters. The minimum atomic E-state index is -1.24. The third kappa shape index (κ3) is 3.93. The second-order valence-electron chi connectivity index (χ2n) is 8.61. The Kier molecular flexibility index (Phi) is 5.96. The maximum absolute atomic E-state index is 15.2. The van der Waals surface area contributed by atoms with Crippen LogP contribution in [0.1, 0.15) is 24.1 Å². The standard InChI is InChI=1S/C28H21FN2O6S/c1-2-35-16-8-9-19-22(14-16)38-28(30-19)31-24(17-5-3-4-6-18(17)29)23(26(33)27(31)34)25(32)15-7-10-20-21(13-15)37-12-11-36-20/h3-10,13-14,24,32H,2,11-12H2,1H3/b25-23+. The Morgan fingerprint density at radius 1 is 1.11 bits per heavy atom. The molecule has 0 aliphatic carbocycles. The first-order valence-corrected chi connectivity index (χ1v) is 12.8. The predicted molar refractivity (Wildman–Crippen MR) is 139 cm³/mol. The van der Waals surface area contributed by atoms with Gasteiger partial charge in [-0.2, -0.15) is 0 Å². The van der Waals surface area contributed by atoms with Gasteiger partial charge in [-0.3, -0.25) is 14.5 Å². The summed E-state index contributed by atoms with van der Waals surface area (Å²) in [6, 6.07) is 14.6. The van der Waals surface area contributed by atoms with Crippen molar-refractivity contribution in [2.24, 2.45) is 0 Å². The highest BCUT2D eigenvalue weighted by Gasteiger charge is 2.49. The van der Waals surface area contributed by atoms with Crippen molar-refractivity contribution in [2.75, 3.05) is 24.7 Å². The van der Waals surface area contributed by atoms with E-state index >= 15 is 4.39 Å². The van der Waals surface area contributed by atoms with Gasteiger partial charge in [0.2, 0.25) is 0 Å². The lowest BCUT2D eigenvalue weighted by atomic mass is 9.95. The molecule has 38 heavy (non-hydrogen) atoms. The van der Waals surface area contributed by atoms with Crippen molar-refractivity contribution in [3.63, 3.8) is 0 Å². The van der Waals surface area contributed by atoms with Crippen LogP contribution in [-0.2, 0) is 9.59 Å². The van der Waals surface area contributed by atoms with Crippen LogP contribution in [0.4, 0.5) is 9.52 Å². The zero-order chi connectivity index (χ0) is 26.4. The number of ether oxygens (including phenoxy) is 3. The topological polar surface area (TPSA) is 98.2 Å². The molecule has 192 valence electrons. The molecule has 1 amide bonds. The number of hydrogen-bond acceptors (Lipinski definition) is 8. The van der Waals surface area contributed by atoms with E-state index in [0.717, 1.165) is 9.60 Å². The number of nitrogens with zero attached hydrogens (tertiary/aromatic N) is 2. The molecule has 0 saturated carbocycles. The summed E-state index contributed by atoms with van der Waals surface area (Å²) in [4.78, 5) is 32.6. The average molecular weight is 533 g/mol. The number of anilines is 1. The molecule has 10 heteroatoms. The second kappa shape index (κ2) is 9.46. The molecule has 1 N–H and O–H groups in total. The van der Waals surface area contributed by atoms with Crippen molar-refractivity contribution in [1.29, 1.82) is 0 Å². The van der Waals surface area contributed by atoms with Crippen LogP contribution in [0.15, 0.2) is 66.2 Å². The van der Waals surface area contributed by atoms with Gasteiger partial charge in [0, 0.05) is 11.1 Å². The number of ketones is 1. The Labute approximate surface area is 220 Å². The molecule has 1 unspecified atom stereocenters. The fourth-order valence-electron chi connectivity index (χ4n) is 4.62. The van der Waals surface area contributed by atoms with Crippen molar-refractivity contribution in [2.45, 2.75) is 13.0 Å². The van der Waals surface area contributed by atoms with Crippen molar-refractivity contribution in [1.82, 2.24) is 4.98 Å². The van der Waals surface area contributed by atoms with Gasteiger partial charge < -0.3 is 19.3 Å². The fraction of sp³-hybridized carbons (Fsp3) is 0.179. The Morgan fingerprint density at radius 2 is 1.89 bits per heavy atom. The van der Waals surface area contributed by atoms with Crippen molar-refractivity contribution >= 4 is 44.1 Å². The molecule has 3 heterocycles. The molecule has 8 nitrogen and oxygen atoms in total. The fourth-order valence-corrected chi connectivity index (χ4v) is 5.64. The van der Waals surface area contributed by atoms with Gasteiger partial charge in [-0.1, -0.05) is 29.5 Å². The van der Waals surface area contributed by atoms with Gasteiger partial charge in [-0.25, -0.2) is 9.37 Å². The molecule has 2 aliphatic heterocycles. The summed E-state index contributed by atoms with van der Waals surface area (Å²) in [6.45, 7) is 3.08. The van der Waals surface area contributed by atoms with E-state index in [0.29, 0.717) is 42.6 Å². The highest BCUT2D eigenvalue weighted by atomic mass is 32.1.